The lowest BCUT2D eigenvalue weighted by molar-refractivity contribution is 0.134. The molecule has 7 nitrogen and oxygen atoms in total. The van der Waals surface area contributed by atoms with Crippen molar-refractivity contribution in [1.29, 1.82) is 0 Å². The van der Waals surface area contributed by atoms with Crippen LogP contribution in [-0.4, -0.2) is 52.7 Å². The van der Waals surface area contributed by atoms with Crippen LogP contribution in [0.4, 0.5) is 0 Å². The summed E-state index contributed by atoms with van der Waals surface area (Å²) in [5.74, 6) is 2.56. The molecule has 1 fully saturated rings. The highest BCUT2D eigenvalue weighted by Gasteiger charge is 2.26. The van der Waals surface area contributed by atoms with Gasteiger partial charge >= 0.3 is 0 Å². The molecule has 8 heteroatoms. The minimum absolute atomic E-state index is 0. The molecule has 3 rings (SSSR count). The van der Waals surface area contributed by atoms with Gasteiger partial charge in [-0.3, -0.25) is 9.89 Å². The van der Waals surface area contributed by atoms with Crippen molar-refractivity contribution in [2.75, 3.05) is 19.6 Å². The smallest absolute Gasteiger partial charge is 0.228 e. The van der Waals surface area contributed by atoms with Crippen molar-refractivity contribution >= 4 is 29.9 Å². The van der Waals surface area contributed by atoms with Gasteiger partial charge in [-0.15, -0.1) is 24.0 Å². The maximum atomic E-state index is 5.32. The van der Waals surface area contributed by atoms with Crippen LogP contribution in [0.2, 0.25) is 0 Å². The molecule has 31 heavy (non-hydrogen) atoms. The second-order valence-corrected chi connectivity index (χ2v) is 8.38. The molecule has 1 aromatic heterocycles. The SMILES string of the molecule is CCNC(=NCCc1nc(C(C)C)no1)NC1CCN(Cc2ccccc2)C(C)C1.I. The molecule has 0 aliphatic carbocycles. The van der Waals surface area contributed by atoms with Crippen LogP contribution in [-0.2, 0) is 13.0 Å². The third-order valence-electron chi connectivity index (χ3n) is 5.52. The zero-order valence-corrected chi connectivity index (χ0v) is 21.5. The third kappa shape index (κ3) is 8.07. The van der Waals surface area contributed by atoms with E-state index in [2.05, 4.69) is 83.7 Å². The number of nitrogens with zero attached hydrogens (tertiary/aromatic N) is 4. The first-order chi connectivity index (χ1) is 14.5. The van der Waals surface area contributed by atoms with E-state index in [0.717, 1.165) is 44.3 Å². The largest absolute Gasteiger partial charge is 0.357 e. The number of nitrogens with one attached hydrogen (secondary N) is 2. The minimum atomic E-state index is 0. The van der Waals surface area contributed by atoms with Gasteiger partial charge in [-0.1, -0.05) is 49.3 Å². The van der Waals surface area contributed by atoms with Gasteiger partial charge in [0.25, 0.3) is 0 Å². The summed E-state index contributed by atoms with van der Waals surface area (Å²) in [7, 11) is 0. The standard InChI is InChI=1S/C23H36N6O.HI/c1-5-24-23(25-13-11-21-27-22(17(2)3)28-30-21)26-20-12-14-29(18(4)15-20)16-19-9-7-6-8-10-19;/h6-10,17-18,20H,5,11-16H2,1-4H3,(H2,24,25,26);1H. The Morgan fingerprint density at radius 1 is 1.29 bits per heavy atom. The lowest BCUT2D eigenvalue weighted by Gasteiger charge is -2.38. The zero-order valence-electron chi connectivity index (χ0n) is 19.2. The Kier molecular flexibility index (Phi) is 10.7. The molecule has 2 heterocycles. The van der Waals surface area contributed by atoms with Crippen molar-refractivity contribution in [2.24, 2.45) is 4.99 Å². The van der Waals surface area contributed by atoms with Crippen LogP contribution in [0.5, 0.6) is 0 Å². The van der Waals surface area contributed by atoms with E-state index in [0.29, 0.717) is 30.9 Å². The van der Waals surface area contributed by atoms with E-state index in [9.17, 15) is 0 Å². The lowest BCUT2D eigenvalue weighted by Crippen LogP contribution is -2.51. The Labute approximate surface area is 203 Å². The summed E-state index contributed by atoms with van der Waals surface area (Å²) in [4.78, 5) is 11.7. The average Bonchev–Trinajstić information content (AvgIpc) is 3.20. The normalized spacial score (nSPS) is 19.8. The van der Waals surface area contributed by atoms with Crippen molar-refractivity contribution in [3.05, 3.63) is 47.6 Å². The van der Waals surface area contributed by atoms with Crippen LogP contribution in [0.25, 0.3) is 0 Å². The van der Waals surface area contributed by atoms with Gasteiger partial charge in [0.2, 0.25) is 5.89 Å². The summed E-state index contributed by atoms with van der Waals surface area (Å²) in [6, 6.07) is 11.7. The van der Waals surface area contributed by atoms with E-state index in [1.54, 1.807) is 0 Å². The highest BCUT2D eigenvalue weighted by Crippen LogP contribution is 2.20. The third-order valence-corrected chi connectivity index (χ3v) is 5.52. The van der Waals surface area contributed by atoms with E-state index in [1.165, 1.54) is 5.56 Å². The summed E-state index contributed by atoms with van der Waals surface area (Å²) >= 11 is 0. The van der Waals surface area contributed by atoms with Gasteiger partial charge in [0.15, 0.2) is 11.8 Å². The van der Waals surface area contributed by atoms with Gasteiger partial charge in [-0.25, -0.2) is 0 Å². The molecule has 0 spiro atoms. The van der Waals surface area contributed by atoms with Gasteiger partial charge < -0.3 is 15.2 Å². The molecular weight excluding hydrogens is 503 g/mol. The highest BCUT2D eigenvalue weighted by molar-refractivity contribution is 14.0. The van der Waals surface area contributed by atoms with Crippen LogP contribution in [0.3, 0.4) is 0 Å². The molecule has 2 atom stereocenters. The Morgan fingerprint density at radius 2 is 2.06 bits per heavy atom. The summed E-state index contributed by atoms with van der Waals surface area (Å²) < 4.78 is 5.32. The summed E-state index contributed by atoms with van der Waals surface area (Å²) in [6.07, 6.45) is 2.88. The van der Waals surface area contributed by atoms with Gasteiger partial charge in [-0.05, 0) is 32.3 Å². The molecule has 1 saturated heterocycles. The van der Waals surface area contributed by atoms with E-state index < -0.39 is 0 Å². The number of aromatic nitrogens is 2. The molecule has 0 bridgehead atoms. The predicted octanol–water partition coefficient (Wildman–Crippen LogP) is 3.96. The van der Waals surface area contributed by atoms with Crippen LogP contribution >= 0.6 is 24.0 Å². The van der Waals surface area contributed by atoms with Crippen LogP contribution < -0.4 is 10.6 Å². The topological polar surface area (TPSA) is 78.6 Å². The van der Waals surface area contributed by atoms with Gasteiger partial charge in [-0.2, -0.15) is 4.98 Å². The van der Waals surface area contributed by atoms with Gasteiger partial charge in [0, 0.05) is 44.1 Å². The Balaban J connectivity index is 0.00000341. The van der Waals surface area contributed by atoms with Crippen molar-refractivity contribution in [1.82, 2.24) is 25.7 Å². The molecule has 2 unspecified atom stereocenters. The summed E-state index contributed by atoms with van der Waals surface area (Å²) in [6.45, 7) is 12.1. The number of halogens is 1. The second kappa shape index (κ2) is 13.0. The number of likely N-dealkylation sites (tertiary alicyclic amines) is 1. The van der Waals surface area contributed by atoms with Gasteiger partial charge in [0.1, 0.15) is 0 Å². The number of rotatable bonds is 8. The maximum absolute atomic E-state index is 5.32. The number of benzene rings is 1. The van der Waals surface area contributed by atoms with Crippen LogP contribution in [0.1, 0.15) is 63.7 Å². The second-order valence-electron chi connectivity index (χ2n) is 8.38. The first-order valence-electron chi connectivity index (χ1n) is 11.2. The molecule has 0 saturated carbocycles. The number of guanidine groups is 1. The lowest BCUT2D eigenvalue weighted by atomic mass is 9.97. The molecule has 2 N–H and O–H groups in total. The number of hydrogen-bond donors (Lipinski definition) is 2. The van der Waals surface area contributed by atoms with Crippen molar-refractivity contribution in [3.63, 3.8) is 0 Å². The van der Waals surface area contributed by atoms with Crippen LogP contribution in [0, 0.1) is 0 Å². The highest BCUT2D eigenvalue weighted by atomic mass is 127. The number of aliphatic imine (C=N–C) groups is 1. The maximum Gasteiger partial charge on any atom is 0.228 e. The molecule has 2 aromatic rings. The van der Waals surface area contributed by atoms with E-state index in [1.807, 2.05) is 0 Å². The Bertz CT molecular complexity index is 794. The van der Waals surface area contributed by atoms with Crippen LogP contribution in [0.15, 0.2) is 39.8 Å². The first-order valence-corrected chi connectivity index (χ1v) is 11.2. The fraction of sp³-hybridized carbons (Fsp3) is 0.609. The molecule has 1 aliphatic heterocycles. The average molecular weight is 540 g/mol. The molecular formula is C23H37IN6O. The fourth-order valence-corrected chi connectivity index (χ4v) is 3.79. The van der Waals surface area contributed by atoms with Crippen molar-refractivity contribution in [2.45, 2.75) is 71.5 Å². The minimum Gasteiger partial charge on any atom is -0.357 e. The fourth-order valence-electron chi connectivity index (χ4n) is 3.79. The Morgan fingerprint density at radius 3 is 2.71 bits per heavy atom. The van der Waals surface area contributed by atoms with Crippen molar-refractivity contribution in [3.8, 4) is 0 Å². The first kappa shape index (κ1) is 25.6. The van der Waals surface area contributed by atoms with E-state index in [-0.39, 0.29) is 29.9 Å². The number of hydrogen-bond acceptors (Lipinski definition) is 5. The zero-order chi connectivity index (χ0) is 21.3. The quantitative estimate of drug-likeness (QED) is 0.300. The molecule has 1 aliphatic rings. The van der Waals surface area contributed by atoms with Gasteiger partial charge in [0.05, 0.1) is 6.54 Å². The predicted molar refractivity (Wildman–Crippen MR) is 136 cm³/mol. The monoisotopic (exact) mass is 540 g/mol. The summed E-state index contributed by atoms with van der Waals surface area (Å²) in [5, 5.41) is 11.0. The molecule has 0 radical (unpaired) electrons. The van der Waals surface area contributed by atoms with E-state index >= 15 is 0 Å². The van der Waals surface area contributed by atoms with Crippen molar-refractivity contribution < 1.29 is 4.52 Å². The number of piperidine rings is 1. The van der Waals surface area contributed by atoms with E-state index in [4.69, 9.17) is 9.52 Å². The Hall–Kier alpha value is -1.68. The summed E-state index contributed by atoms with van der Waals surface area (Å²) in [5.41, 5.74) is 1.38. The molecule has 1 aromatic carbocycles. The molecule has 172 valence electrons. The molecule has 0 amide bonds.